The molecule has 0 aliphatic rings. The highest BCUT2D eigenvalue weighted by Crippen LogP contribution is 2.30. The lowest BCUT2D eigenvalue weighted by molar-refractivity contribution is 0.415. The molecular weight excluding hydrogens is 210 g/mol. The molecule has 0 saturated heterocycles. The van der Waals surface area contributed by atoms with Crippen LogP contribution in [0.25, 0.3) is 11.1 Å². The van der Waals surface area contributed by atoms with Crippen LogP contribution in [-0.4, -0.2) is 7.11 Å². The Morgan fingerprint density at radius 1 is 1.12 bits per heavy atom. The average molecular weight is 227 g/mol. The molecule has 0 aliphatic heterocycles. The van der Waals surface area contributed by atoms with E-state index in [1.54, 1.807) is 7.11 Å². The van der Waals surface area contributed by atoms with Gasteiger partial charge in [0, 0.05) is 11.3 Å². The number of nitrogens with two attached hydrogens (primary N) is 1. The molecule has 0 spiro atoms. The average Bonchev–Trinajstić information content (AvgIpc) is 2.39. The monoisotopic (exact) mass is 227 g/mol. The van der Waals surface area contributed by atoms with E-state index in [0.717, 1.165) is 29.0 Å². The van der Waals surface area contributed by atoms with Gasteiger partial charge < -0.3 is 10.5 Å². The number of benzene rings is 2. The minimum atomic E-state index is 0.777. The molecule has 2 nitrogen and oxygen atoms in total. The molecule has 0 unspecified atom stereocenters. The zero-order chi connectivity index (χ0) is 12.3. The molecule has 0 aromatic heterocycles. The van der Waals surface area contributed by atoms with Crippen molar-refractivity contribution in [3.63, 3.8) is 0 Å². The highest BCUT2D eigenvalue weighted by atomic mass is 16.5. The van der Waals surface area contributed by atoms with Gasteiger partial charge in [0.2, 0.25) is 0 Å². The summed E-state index contributed by atoms with van der Waals surface area (Å²) < 4.78 is 5.23. The SMILES string of the molecule is CCc1cccc(-c2cc(OC)ccc2N)c1. The van der Waals surface area contributed by atoms with Gasteiger partial charge in [0.05, 0.1) is 7.11 Å². The van der Waals surface area contributed by atoms with Crippen molar-refractivity contribution in [1.82, 2.24) is 0 Å². The van der Waals surface area contributed by atoms with E-state index >= 15 is 0 Å². The number of anilines is 1. The van der Waals surface area contributed by atoms with Gasteiger partial charge in [-0.2, -0.15) is 0 Å². The zero-order valence-corrected chi connectivity index (χ0v) is 10.2. The molecule has 0 radical (unpaired) electrons. The summed E-state index contributed by atoms with van der Waals surface area (Å²) in [4.78, 5) is 0. The Kier molecular flexibility index (Phi) is 3.33. The topological polar surface area (TPSA) is 35.2 Å². The second-order valence-electron chi connectivity index (χ2n) is 4.01. The number of methoxy groups -OCH3 is 1. The van der Waals surface area contributed by atoms with Gasteiger partial charge in [-0.3, -0.25) is 0 Å². The molecule has 2 rings (SSSR count). The summed E-state index contributed by atoms with van der Waals surface area (Å²) in [6.07, 6.45) is 1.03. The van der Waals surface area contributed by atoms with E-state index in [1.165, 1.54) is 5.56 Å². The van der Waals surface area contributed by atoms with E-state index in [0.29, 0.717) is 0 Å². The van der Waals surface area contributed by atoms with E-state index in [-0.39, 0.29) is 0 Å². The van der Waals surface area contributed by atoms with Gasteiger partial charge in [0.25, 0.3) is 0 Å². The Morgan fingerprint density at radius 2 is 1.94 bits per heavy atom. The van der Waals surface area contributed by atoms with Crippen LogP contribution in [0.3, 0.4) is 0 Å². The van der Waals surface area contributed by atoms with Crippen molar-refractivity contribution in [1.29, 1.82) is 0 Å². The van der Waals surface area contributed by atoms with Crippen LogP contribution < -0.4 is 10.5 Å². The maximum absolute atomic E-state index is 6.01. The molecule has 17 heavy (non-hydrogen) atoms. The Labute approximate surface area is 102 Å². The van der Waals surface area contributed by atoms with Crippen molar-refractivity contribution in [3.05, 3.63) is 48.0 Å². The highest BCUT2D eigenvalue weighted by Gasteiger charge is 2.04. The largest absolute Gasteiger partial charge is 0.497 e. The first-order valence-corrected chi connectivity index (χ1v) is 5.77. The normalized spacial score (nSPS) is 10.2. The maximum atomic E-state index is 6.01. The fourth-order valence-corrected chi connectivity index (χ4v) is 1.87. The summed E-state index contributed by atoms with van der Waals surface area (Å²) >= 11 is 0. The first kappa shape index (κ1) is 11.5. The first-order chi connectivity index (χ1) is 8.24. The third-order valence-corrected chi connectivity index (χ3v) is 2.91. The minimum absolute atomic E-state index is 0.777. The summed E-state index contributed by atoms with van der Waals surface area (Å²) in [6, 6.07) is 14.2. The summed E-state index contributed by atoms with van der Waals surface area (Å²) in [6.45, 7) is 2.15. The van der Waals surface area contributed by atoms with Crippen molar-refractivity contribution in [3.8, 4) is 16.9 Å². The van der Waals surface area contributed by atoms with Crippen molar-refractivity contribution in [2.75, 3.05) is 12.8 Å². The Hall–Kier alpha value is -1.96. The summed E-state index contributed by atoms with van der Waals surface area (Å²) in [5.41, 5.74) is 10.3. The molecule has 0 amide bonds. The minimum Gasteiger partial charge on any atom is -0.497 e. The van der Waals surface area contributed by atoms with E-state index in [9.17, 15) is 0 Å². The second kappa shape index (κ2) is 4.91. The van der Waals surface area contributed by atoms with E-state index in [2.05, 4.69) is 31.2 Å². The third-order valence-electron chi connectivity index (χ3n) is 2.91. The molecule has 0 fully saturated rings. The molecule has 0 aliphatic carbocycles. The van der Waals surface area contributed by atoms with Gasteiger partial charge in [0.1, 0.15) is 5.75 Å². The predicted molar refractivity (Wildman–Crippen MR) is 72.2 cm³/mol. The smallest absolute Gasteiger partial charge is 0.119 e. The standard InChI is InChI=1S/C15H17NO/c1-3-11-5-4-6-12(9-11)14-10-13(17-2)7-8-15(14)16/h4-10H,3,16H2,1-2H3. The molecule has 0 saturated carbocycles. The Bertz CT molecular complexity index is 520. The predicted octanol–water partition coefficient (Wildman–Crippen LogP) is 3.51. The molecular formula is C15H17NO. The Morgan fingerprint density at radius 3 is 2.65 bits per heavy atom. The van der Waals surface area contributed by atoms with Crippen LogP contribution >= 0.6 is 0 Å². The molecule has 0 bridgehead atoms. The van der Waals surface area contributed by atoms with Gasteiger partial charge >= 0.3 is 0 Å². The number of hydrogen-bond acceptors (Lipinski definition) is 2. The summed E-state index contributed by atoms with van der Waals surface area (Å²) in [5, 5.41) is 0. The van der Waals surface area contributed by atoms with Crippen LogP contribution in [0.5, 0.6) is 5.75 Å². The van der Waals surface area contributed by atoms with Crippen LogP contribution in [0.4, 0.5) is 5.69 Å². The number of aryl methyl sites for hydroxylation is 1. The molecule has 0 atom stereocenters. The van der Waals surface area contributed by atoms with Crippen molar-refractivity contribution < 1.29 is 4.74 Å². The quantitative estimate of drug-likeness (QED) is 0.814. The van der Waals surface area contributed by atoms with Gasteiger partial charge in [-0.25, -0.2) is 0 Å². The Balaban J connectivity index is 2.50. The van der Waals surface area contributed by atoms with Crippen LogP contribution in [0.1, 0.15) is 12.5 Å². The van der Waals surface area contributed by atoms with E-state index in [1.807, 2.05) is 18.2 Å². The summed E-state index contributed by atoms with van der Waals surface area (Å²) in [7, 11) is 1.66. The van der Waals surface area contributed by atoms with Gasteiger partial charge in [0.15, 0.2) is 0 Å². The maximum Gasteiger partial charge on any atom is 0.119 e. The molecule has 2 aromatic rings. The zero-order valence-electron chi connectivity index (χ0n) is 10.2. The second-order valence-corrected chi connectivity index (χ2v) is 4.01. The number of hydrogen-bond donors (Lipinski definition) is 1. The van der Waals surface area contributed by atoms with Gasteiger partial charge in [-0.15, -0.1) is 0 Å². The van der Waals surface area contributed by atoms with Crippen molar-refractivity contribution in [2.45, 2.75) is 13.3 Å². The van der Waals surface area contributed by atoms with Crippen LogP contribution in [0.2, 0.25) is 0 Å². The van der Waals surface area contributed by atoms with Crippen LogP contribution in [-0.2, 0) is 6.42 Å². The lowest BCUT2D eigenvalue weighted by atomic mass is 10.0. The van der Waals surface area contributed by atoms with Crippen molar-refractivity contribution in [2.24, 2.45) is 0 Å². The molecule has 2 aromatic carbocycles. The fourth-order valence-electron chi connectivity index (χ4n) is 1.87. The highest BCUT2D eigenvalue weighted by molar-refractivity contribution is 5.77. The summed E-state index contributed by atoms with van der Waals surface area (Å²) in [5.74, 6) is 0.830. The molecule has 88 valence electrons. The van der Waals surface area contributed by atoms with Gasteiger partial charge in [-0.1, -0.05) is 31.2 Å². The van der Waals surface area contributed by atoms with Crippen molar-refractivity contribution >= 4 is 5.69 Å². The molecule has 2 N–H and O–H groups in total. The first-order valence-electron chi connectivity index (χ1n) is 5.77. The van der Waals surface area contributed by atoms with Crippen LogP contribution in [0.15, 0.2) is 42.5 Å². The molecule has 0 heterocycles. The molecule has 2 heteroatoms. The lowest BCUT2D eigenvalue weighted by Crippen LogP contribution is -1.92. The van der Waals surface area contributed by atoms with E-state index < -0.39 is 0 Å². The lowest BCUT2D eigenvalue weighted by Gasteiger charge is -2.09. The van der Waals surface area contributed by atoms with E-state index in [4.69, 9.17) is 10.5 Å². The number of nitrogen functional groups attached to an aromatic ring is 1. The number of ether oxygens (including phenoxy) is 1. The third kappa shape index (κ3) is 2.41. The van der Waals surface area contributed by atoms with Gasteiger partial charge in [-0.05, 0) is 35.7 Å². The fraction of sp³-hybridized carbons (Fsp3) is 0.200. The number of rotatable bonds is 3. The van der Waals surface area contributed by atoms with Crippen LogP contribution in [0, 0.1) is 0 Å².